The second-order valence-electron chi connectivity index (χ2n) is 6.94. The summed E-state index contributed by atoms with van der Waals surface area (Å²) in [4.78, 5) is 16.7. The van der Waals surface area contributed by atoms with Gasteiger partial charge in [0.15, 0.2) is 11.5 Å². The van der Waals surface area contributed by atoms with Crippen molar-refractivity contribution in [3.05, 3.63) is 78.5 Å². The molecule has 0 aliphatic carbocycles. The highest BCUT2D eigenvalue weighted by Crippen LogP contribution is 2.27. The average molecular weight is 402 g/mol. The second-order valence-corrected chi connectivity index (χ2v) is 6.94. The zero-order chi connectivity index (χ0) is 21.1. The number of aromatic hydroxyl groups is 1. The third-order valence-electron chi connectivity index (χ3n) is 4.93. The van der Waals surface area contributed by atoms with Crippen molar-refractivity contribution in [3.63, 3.8) is 0 Å². The smallest absolute Gasteiger partial charge is 0.248 e. The van der Waals surface area contributed by atoms with Crippen molar-refractivity contribution in [2.24, 2.45) is 7.05 Å². The number of carbonyl (C=O) groups excluding carboxylic acids is 1. The zero-order valence-electron chi connectivity index (χ0n) is 16.7. The summed E-state index contributed by atoms with van der Waals surface area (Å²) in [5.74, 6) is 0.154. The predicted molar refractivity (Wildman–Crippen MR) is 117 cm³/mol. The molecule has 2 aromatic heterocycles. The summed E-state index contributed by atoms with van der Waals surface area (Å²) in [6.07, 6.45) is 8.69. The van der Waals surface area contributed by atoms with E-state index in [1.807, 2.05) is 48.3 Å². The Bertz CT molecular complexity index is 1240. The first-order valence-electron chi connectivity index (χ1n) is 9.44. The summed E-state index contributed by atoms with van der Waals surface area (Å²) in [5.41, 5.74) is 3.43. The van der Waals surface area contributed by atoms with Gasteiger partial charge in [0.2, 0.25) is 5.91 Å². The maximum absolute atomic E-state index is 12.5. The van der Waals surface area contributed by atoms with Gasteiger partial charge in [0, 0.05) is 30.9 Å². The molecule has 0 unspecified atom stereocenters. The van der Waals surface area contributed by atoms with Gasteiger partial charge in [-0.25, -0.2) is 4.98 Å². The van der Waals surface area contributed by atoms with Gasteiger partial charge in [0.05, 0.1) is 36.9 Å². The monoisotopic (exact) mass is 402 g/mol. The molecule has 7 nitrogen and oxygen atoms in total. The van der Waals surface area contributed by atoms with Gasteiger partial charge in [-0.05, 0) is 35.9 Å². The number of methoxy groups -OCH3 is 1. The van der Waals surface area contributed by atoms with Crippen LogP contribution < -0.4 is 10.1 Å². The normalized spacial score (nSPS) is 11.3. The molecule has 2 heterocycles. The number of nitrogens with zero attached hydrogens (tertiary/aromatic N) is 3. The zero-order valence-corrected chi connectivity index (χ0v) is 16.7. The minimum absolute atomic E-state index is 0.0258. The third-order valence-corrected chi connectivity index (χ3v) is 4.93. The first kappa shape index (κ1) is 19.3. The summed E-state index contributed by atoms with van der Waals surface area (Å²) in [7, 11) is 3.45. The molecule has 1 amide bonds. The molecule has 0 aliphatic heterocycles. The molecular formula is C23H22N4O3. The molecule has 4 rings (SSSR count). The number of imidazole rings is 1. The van der Waals surface area contributed by atoms with Gasteiger partial charge in [-0.1, -0.05) is 18.2 Å². The standard InChI is InChI=1S/C23H22N4O3/c1-26-15-24-13-18(26)14-27-11-10-17-4-3-5-19(23(17)27)25-22(29)9-7-16-6-8-21(30-2)20(28)12-16/h3-13,15,28H,14H2,1-2H3,(H,25,29)/b9-7+. The predicted octanol–water partition coefficient (Wildman–Crippen LogP) is 3.79. The Morgan fingerprint density at radius 1 is 1.27 bits per heavy atom. The number of aromatic nitrogens is 3. The molecule has 2 aromatic carbocycles. The second kappa shape index (κ2) is 8.16. The lowest BCUT2D eigenvalue weighted by Crippen LogP contribution is -2.10. The number of fused-ring (bicyclic) bond motifs is 1. The van der Waals surface area contributed by atoms with Crippen LogP contribution in [0.4, 0.5) is 5.69 Å². The third kappa shape index (κ3) is 3.91. The van der Waals surface area contributed by atoms with Crippen LogP contribution in [0.25, 0.3) is 17.0 Å². The van der Waals surface area contributed by atoms with E-state index in [0.717, 1.165) is 22.3 Å². The highest BCUT2D eigenvalue weighted by Gasteiger charge is 2.10. The van der Waals surface area contributed by atoms with E-state index in [0.29, 0.717) is 17.9 Å². The van der Waals surface area contributed by atoms with Gasteiger partial charge >= 0.3 is 0 Å². The Morgan fingerprint density at radius 2 is 2.13 bits per heavy atom. The van der Waals surface area contributed by atoms with Crippen LogP contribution in [0, 0.1) is 0 Å². The van der Waals surface area contributed by atoms with E-state index in [4.69, 9.17) is 4.74 Å². The number of ether oxygens (including phenoxy) is 1. The lowest BCUT2D eigenvalue weighted by Gasteiger charge is -2.11. The number of phenols is 1. The van der Waals surface area contributed by atoms with E-state index in [1.165, 1.54) is 13.2 Å². The topological polar surface area (TPSA) is 81.3 Å². The minimum atomic E-state index is -0.258. The van der Waals surface area contributed by atoms with Crippen LogP contribution in [0.1, 0.15) is 11.3 Å². The SMILES string of the molecule is COc1ccc(/C=C/C(=O)Nc2cccc3ccn(Cc4cncn4C)c23)cc1O. The number of amides is 1. The van der Waals surface area contributed by atoms with Crippen LogP contribution in [-0.4, -0.2) is 32.2 Å². The fourth-order valence-electron chi connectivity index (χ4n) is 3.36. The summed E-state index contributed by atoms with van der Waals surface area (Å²) in [6, 6.07) is 12.8. The van der Waals surface area contributed by atoms with Crippen molar-refractivity contribution in [2.75, 3.05) is 12.4 Å². The van der Waals surface area contributed by atoms with Crippen LogP contribution in [0.5, 0.6) is 11.5 Å². The molecule has 0 spiro atoms. The number of nitrogens with one attached hydrogen (secondary N) is 1. The number of carbonyl (C=O) groups is 1. The van der Waals surface area contributed by atoms with E-state index in [1.54, 1.807) is 30.6 Å². The maximum atomic E-state index is 12.5. The van der Waals surface area contributed by atoms with Gasteiger partial charge in [-0.3, -0.25) is 4.79 Å². The molecule has 0 fully saturated rings. The molecule has 7 heteroatoms. The van der Waals surface area contributed by atoms with E-state index in [-0.39, 0.29) is 11.7 Å². The fraction of sp³-hybridized carbons (Fsp3) is 0.130. The Balaban J connectivity index is 1.56. The quantitative estimate of drug-likeness (QED) is 0.481. The van der Waals surface area contributed by atoms with Crippen molar-refractivity contribution < 1.29 is 14.6 Å². The number of para-hydroxylation sites is 1. The molecular weight excluding hydrogens is 380 g/mol. The summed E-state index contributed by atoms with van der Waals surface area (Å²) in [6.45, 7) is 0.647. The number of benzene rings is 2. The Labute approximate surface area is 173 Å². The highest BCUT2D eigenvalue weighted by atomic mass is 16.5. The average Bonchev–Trinajstić information content (AvgIpc) is 3.34. The summed E-state index contributed by atoms with van der Waals surface area (Å²) >= 11 is 0. The van der Waals surface area contributed by atoms with Crippen molar-refractivity contribution in [1.82, 2.24) is 14.1 Å². The van der Waals surface area contributed by atoms with E-state index >= 15 is 0 Å². The number of anilines is 1. The largest absolute Gasteiger partial charge is 0.504 e. The van der Waals surface area contributed by atoms with Crippen LogP contribution >= 0.6 is 0 Å². The van der Waals surface area contributed by atoms with E-state index < -0.39 is 0 Å². The fourth-order valence-corrected chi connectivity index (χ4v) is 3.36. The molecule has 0 saturated carbocycles. The van der Waals surface area contributed by atoms with Crippen molar-refractivity contribution in [2.45, 2.75) is 6.54 Å². The number of phenolic OH excluding ortho intramolecular Hbond substituents is 1. The van der Waals surface area contributed by atoms with Gasteiger partial charge in [0.25, 0.3) is 0 Å². The van der Waals surface area contributed by atoms with Crippen LogP contribution in [0.15, 0.2) is 67.3 Å². The molecule has 0 bridgehead atoms. The molecule has 152 valence electrons. The van der Waals surface area contributed by atoms with Crippen LogP contribution in [0.2, 0.25) is 0 Å². The van der Waals surface area contributed by atoms with Crippen molar-refractivity contribution in [1.29, 1.82) is 0 Å². The van der Waals surface area contributed by atoms with Crippen molar-refractivity contribution in [3.8, 4) is 11.5 Å². The molecule has 0 aliphatic rings. The Morgan fingerprint density at radius 3 is 2.87 bits per heavy atom. The van der Waals surface area contributed by atoms with Gasteiger partial charge in [-0.15, -0.1) is 0 Å². The number of hydrogen-bond donors (Lipinski definition) is 2. The van der Waals surface area contributed by atoms with Crippen LogP contribution in [0.3, 0.4) is 0 Å². The Hall–Kier alpha value is -4.00. The maximum Gasteiger partial charge on any atom is 0.248 e. The molecule has 0 atom stereocenters. The van der Waals surface area contributed by atoms with Crippen LogP contribution in [-0.2, 0) is 18.4 Å². The summed E-state index contributed by atoms with van der Waals surface area (Å²) in [5, 5.41) is 13.9. The lowest BCUT2D eigenvalue weighted by atomic mass is 10.2. The van der Waals surface area contributed by atoms with E-state index in [2.05, 4.69) is 14.9 Å². The molecule has 0 saturated heterocycles. The minimum Gasteiger partial charge on any atom is -0.504 e. The number of rotatable bonds is 6. The molecule has 4 aromatic rings. The van der Waals surface area contributed by atoms with Gasteiger partial charge < -0.3 is 24.3 Å². The summed E-state index contributed by atoms with van der Waals surface area (Å²) < 4.78 is 9.10. The number of hydrogen-bond acceptors (Lipinski definition) is 4. The van der Waals surface area contributed by atoms with Crippen molar-refractivity contribution >= 4 is 28.6 Å². The Kier molecular flexibility index (Phi) is 5.26. The molecule has 2 N–H and O–H groups in total. The first-order chi connectivity index (χ1) is 14.5. The lowest BCUT2D eigenvalue weighted by molar-refractivity contribution is -0.111. The molecule has 0 radical (unpaired) electrons. The molecule has 30 heavy (non-hydrogen) atoms. The van der Waals surface area contributed by atoms with Gasteiger partial charge in [-0.2, -0.15) is 0 Å². The van der Waals surface area contributed by atoms with Gasteiger partial charge in [0.1, 0.15) is 0 Å². The first-order valence-corrected chi connectivity index (χ1v) is 9.44. The highest BCUT2D eigenvalue weighted by molar-refractivity contribution is 6.06. The van der Waals surface area contributed by atoms with E-state index in [9.17, 15) is 9.90 Å². The number of aryl methyl sites for hydroxylation is 1.